The Labute approximate surface area is 281 Å². The second-order valence-electron chi connectivity index (χ2n) is 13.0. The lowest BCUT2D eigenvalue weighted by Gasteiger charge is -2.45. The second kappa shape index (κ2) is 11.0. The number of ether oxygens (including phenoxy) is 1. The molecule has 230 valence electrons. The van der Waals surface area contributed by atoms with Gasteiger partial charge in [0.05, 0.1) is 17.1 Å². The zero-order chi connectivity index (χ0) is 32.2. The highest BCUT2D eigenvalue weighted by atomic mass is 16.5. The predicted molar refractivity (Wildman–Crippen MR) is 199 cm³/mol. The smallest absolute Gasteiger partial charge is 0.151 e. The third-order valence-electron chi connectivity index (χ3n) is 9.84. The molecule has 9 rings (SSSR count). The Bertz CT molecular complexity index is 2230. The van der Waals surface area contributed by atoms with Crippen LogP contribution in [0.25, 0.3) is 22.3 Å². The number of hydrogen-bond donors (Lipinski definition) is 0. The molecule has 0 saturated carbocycles. The summed E-state index contributed by atoms with van der Waals surface area (Å²) in [5, 5.41) is 0. The summed E-state index contributed by atoms with van der Waals surface area (Å²) < 4.78 is 6.39. The molecule has 0 atom stereocenters. The van der Waals surface area contributed by atoms with Crippen molar-refractivity contribution in [3.63, 3.8) is 0 Å². The van der Waals surface area contributed by atoms with E-state index in [1.165, 1.54) is 39.1 Å². The van der Waals surface area contributed by atoms with E-state index in [-0.39, 0.29) is 5.41 Å². The van der Waals surface area contributed by atoms with Crippen molar-refractivity contribution in [2.24, 2.45) is 0 Å². The van der Waals surface area contributed by atoms with Crippen molar-refractivity contribution in [2.75, 3.05) is 9.80 Å². The summed E-state index contributed by atoms with van der Waals surface area (Å²) in [6.45, 7) is 4.65. The lowest BCUT2D eigenvalue weighted by molar-refractivity contribution is 0.471. The number of fused-ring (bicyclic) bond motifs is 4. The minimum atomic E-state index is -0.197. The van der Waals surface area contributed by atoms with Crippen LogP contribution in [-0.2, 0) is 5.41 Å². The van der Waals surface area contributed by atoms with Gasteiger partial charge in [-0.25, -0.2) is 0 Å². The summed E-state index contributed by atoms with van der Waals surface area (Å²) in [6, 6.07) is 60.6. The van der Waals surface area contributed by atoms with Gasteiger partial charge in [0.25, 0.3) is 0 Å². The zero-order valence-corrected chi connectivity index (χ0v) is 27.0. The van der Waals surface area contributed by atoms with Crippen LogP contribution in [0.5, 0.6) is 11.5 Å². The van der Waals surface area contributed by atoms with Crippen molar-refractivity contribution >= 4 is 34.1 Å². The summed E-state index contributed by atoms with van der Waals surface area (Å²) in [7, 11) is 0. The molecule has 0 radical (unpaired) electrons. The Morgan fingerprint density at radius 2 is 0.958 bits per heavy atom. The summed E-state index contributed by atoms with van der Waals surface area (Å²) >= 11 is 0. The number of anilines is 6. The number of para-hydroxylation sites is 5. The fraction of sp³-hybridized carbons (Fsp3) is 0.0667. The zero-order valence-electron chi connectivity index (χ0n) is 27.0. The topological polar surface area (TPSA) is 15.7 Å². The lowest BCUT2D eigenvalue weighted by atomic mass is 9.72. The van der Waals surface area contributed by atoms with Gasteiger partial charge in [0.1, 0.15) is 0 Å². The van der Waals surface area contributed by atoms with E-state index in [9.17, 15) is 0 Å². The maximum Gasteiger partial charge on any atom is 0.151 e. The first kappa shape index (κ1) is 28.2. The van der Waals surface area contributed by atoms with Gasteiger partial charge in [0.2, 0.25) is 0 Å². The first-order valence-corrected chi connectivity index (χ1v) is 16.5. The van der Waals surface area contributed by atoms with E-state index < -0.39 is 0 Å². The summed E-state index contributed by atoms with van der Waals surface area (Å²) in [4.78, 5) is 4.68. The van der Waals surface area contributed by atoms with Crippen LogP contribution in [0.4, 0.5) is 34.1 Å². The summed E-state index contributed by atoms with van der Waals surface area (Å²) in [5.74, 6) is 1.79. The van der Waals surface area contributed by atoms with Crippen LogP contribution in [0.2, 0.25) is 0 Å². The van der Waals surface area contributed by atoms with E-state index in [0.29, 0.717) is 0 Å². The Balaban J connectivity index is 1.04. The first-order chi connectivity index (χ1) is 23.6. The van der Waals surface area contributed by atoms with E-state index >= 15 is 0 Å². The second-order valence-corrected chi connectivity index (χ2v) is 13.0. The van der Waals surface area contributed by atoms with Crippen LogP contribution >= 0.6 is 0 Å². The quantitative estimate of drug-likeness (QED) is 0.191. The van der Waals surface area contributed by atoms with Gasteiger partial charge in [-0.05, 0) is 100 Å². The van der Waals surface area contributed by atoms with Crippen LogP contribution in [0.1, 0.15) is 25.0 Å². The molecule has 0 bridgehead atoms. The van der Waals surface area contributed by atoms with E-state index in [2.05, 4.69) is 187 Å². The monoisotopic (exact) mass is 618 g/mol. The van der Waals surface area contributed by atoms with E-state index in [1.807, 2.05) is 6.07 Å². The number of rotatable bonds is 5. The largest absolute Gasteiger partial charge is 0.453 e. The molecule has 0 unspecified atom stereocenters. The fourth-order valence-corrected chi connectivity index (χ4v) is 7.37. The van der Waals surface area contributed by atoms with Gasteiger partial charge in [-0.3, -0.25) is 0 Å². The molecule has 0 spiro atoms. The molecule has 48 heavy (non-hydrogen) atoms. The Hall–Kier alpha value is -6.06. The number of hydrogen-bond acceptors (Lipinski definition) is 3. The van der Waals surface area contributed by atoms with Gasteiger partial charge in [0, 0.05) is 22.5 Å². The molecule has 0 amide bonds. The molecule has 2 aliphatic heterocycles. The standard InChI is InChI=1S/C45H34N2O/c1-45(2)38-16-11-19-43-44(38)47(41-17-9-10-18-42(41)48-43)40-29-26-34(30-39(40)45)33-22-20-31(21-23-33)32-24-27-37(28-25-32)46(35-12-5-3-6-13-35)36-14-7-4-8-15-36/h3-30H,1-2H3. The molecule has 0 N–H and O–H groups in total. The van der Waals surface area contributed by atoms with Gasteiger partial charge in [-0.15, -0.1) is 0 Å². The molecule has 0 aromatic heterocycles. The van der Waals surface area contributed by atoms with E-state index in [1.54, 1.807) is 0 Å². The maximum atomic E-state index is 6.39. The number of nitrogens with zero attached hydrogens (tertiary/aromatic N) is 2. The molecular formula is C45H34N2O. The lowest BCUT2D eigenvalue weighted by Crippen LogP contribution is -2.32. The minimum absolute atomic E-state index is 0.197. The third-order valence-corrected chi connectivity index (χ3v) is 9.84. The Morgan fingerprint density at radius 1 is 0.438 bits per heavy atom. The van der Waals surface area contributed by atoms with E-state index in [0.717, 1.165) is 39.9 Å². The average Bonchev–Trinajstić information content (AvgIpc) is 3.14. The van der Waals surface area contributed by atoms with Crippen LogP contribution in [0.3, 0.4) is 0 Å². The normalized spacial score (nSPS) is 13.5. The predicted octanol–water partition coefficient (Wildman–Crippen LogP) is 12.7. The van der Waals surface area contributed by atoms with Gasteiger partial charge < -0.3 is 14.5 Å². The van der Waals surface area contributed by atoms with Crippen LogP contribution in [0, 0.1) is 0 Å². The average molecular weight is 619 g/mol. The van der Waals surface area contributed by atoms with Gasteiger partial charge >= 0.3 is 0 Å². The highest BCUT2D eigenvalue weighted by Gasteiger charge is 2.41. The van der Waals surface area contributed by atoms with Crippen molar-refractivity contribution in [3.05, 3.63) is 181 Å². The van der Waals surface area contributed by atoms with Gasteiger partial charge in [-0.2, -0.15) is 0 Å². The van der Waals surface area contributed by atoms with Crippen molar-refractivity contribution in [2.45, 2.75) is 19.3 Å². The molecule has 0 aliphatic carbocycles. The van der Waals surface area contributed by atoms with Gasteiger partial charge in [0.15, 0.2) is 11.5 Å². The minimum Gasteiger partial charge on any atom is -0.453 e. The van der Waals surface area contributed by atoms with Crippen LogP contribution in [-0.4, -0.2) is 0 Å². The van der Waals surface area contributed by atoms with Crippen molar-refractivity contribution < 1.29 is 4.74 Å². The molecule has 2 heterocycles. The maximum absolute atomic E-state index is 6.39. The Kier molecular flexibility index (Phi) is 6.48. The molecule has 7 aromatic carbocycles. The van der Waals surface area contributed by atoms with Gasteiger partial charge in [-0.1, -0.05) is 117 Å². The molecule has 0 saturated heterocycles. The highest BCUT2D eigenvalue weighted by Crippen LogP contribution is 2.59. The summed E-state index contributed by atoms with van der Waals surface area (Å²) in [5.41, 5.74) is 14.0. The SMILES string of the molecule is CC1(C)c2cc(-c3ccc(-c4ccc(N(c5ccccc5)c5ccccc5)cc4)cc3)ccc2N2c3ccccc3Oc3cccc1c32. The third kappa shape index (κ3) is 4.51. The van der Waals surface area contributed by atoms with Crippen LogP contribution in [0.15, 0.2) is 170 Å². The molecule has 3 heteroatoms. The highest BCUT2D eigenvalue weighted by molar-refractivity contribution is 5.94. The van der Waals surface area contributed by atoms with Crippen molar-refractivity contribution in [1.29, 1.82) is 0 Å². The molecular weight excluding hydrogens is 585 g/mol. The molecule has 0 fully saturated rings. The Morgan fingerprint density at radius 3 is 1.62 bits per heavy atom. The van der Waals surface area contributed by atoms with E-state index in [4.69, 9.17) is 4.74 Å². The van der Waals surface area contributed by atoms with Crippen molar-refractivity contribution in [1.82, 2.24) is 0 Å². The fourth-order valence-electron chi connectivity index (χ4n) is 7.37. The van der Waals surface area contributed by atoms with Crippen molar-refractivity contribution in [3.8, 4) is 33.8 Å². The molecule has 2 aliphatic rings. The molecule has 3 nitrogen and oxygen atoms in total. The summed E-state index contributed by atoms with van der Waals surface area (Å²) in [6.07, 6.45) is 0. The molecule has 7 aromatic rings. The number of benzene rings is 7. The van der Waals surface area contributed by atoms with Crippen LogP contribution < -0.4 is 14.5 Å². The first-order valence-electron chi connectivity index (χ1n) is 16.5.